The molecule has 0 amide bonds. The van der Waals surface area contributed by atoms with E-state index in [1.165, 1.54) is 0 Å². The summed E-state index contributed by atoms with van der Waals surface area (Å²) < 4.78 is 5.53. The number of para-hydroxylation sites is 1. The van der Waals surface area contributed by atoms with Gasteiger partial charge in [-0.1, -0.05) is 18.2 Å². The summed E-state index contributed by atoms with van der Waals surface area (Å²) in [5.74, 6) is 2.40. The van der Waals surface area contributed by atoms with E-state index in [4.69, 9.17) is 4.74 Å². The normalized spacial score (nSPS) is 17.7. The molecule has 1 aliphatic rings. The molecule has 1 saturated heterocycles. The van der Waals surface area contributed by atoms with Crippen LogP contribution in [0.5, 0.6) is 0 Å². The Labute approximate surface area is 131 Å². The van der Waals surface area contributed by atoms with Gasteiger partial charge in [-0.3, -0.25) is 0 Å². The topological polar surface area (TPSA) is 50.3 Å². The predicted octanol–water partition coefficient (Wildman–Crippen LogP) is 3.08. The Morgan fingerprint density at radius 1 is 1.27 bits per heavy atom. The summed E-state index contributed by atoms with van der Waals surface area (Å²) in [6, 6.07) is 12.1. The summed E-state index contributed by atoms with van der Waals surface area (Å²) in [5.41, 5.74) is 1.03. The van der Waals surface area contributed by atoms with Crippen molar-refractivity contribution in [3.8, 4) is 0 Å². The van der Waals surface area contributed by atoms with Gasteiger partial charge in [0.15, 0.2) is 0 Å². The molecule has 0 radical (unpaired) electrons. The van der Waals surface area contributed by atoms with E-state index in [0.717, 1.165) is 50.0 Å². The minimum absolute atomic E-state index is 0.598. The van der Waals surface area contributed by atoms with Gasteiger partial charge in [0.2, 0.25) is 0 Å². The third-order valence-electron chi connectivity index (χ3n) is 3.87. The zero-order chi connectivity index (χ0) is 15.2. The molecule has 1 fully saturated rings. The van der Waals surface area contributed by atoms with Gasteiger partial charge in [-0.2, -0.15) is 0 Å². The highest BCUT2D eigenvalue weighted by molar-refractivity contribution is 5.59. The summed E-state index contributed by atoms with van der Waals surface area (Å²) in [6.07, 6.45) is 2.78. The molecule has 1 aliphatic heterocycles. The van der Waals surface area contributed by atoms with Crippen LogP contribution in [0.3, 0.4) is 0 Å². The molecule has 1 unspecified atom stereocenters. The van der Waals surface area contributed by atoms with Gasteiger partial charge in [0.1, 0.15) is 18.0 Å². The third-order valence-corrected chi connectivity index (χ3v) is 3.87. The van der Waals surface area contributed by atoms with Crippen LogP contribution in [0.2, 0.25) is 0 Å². The molecule has 2 heterocycles. The molecule has 0 spiro atoms. The molecule has 0 bridgehead atoms. The fraction of sp³-hybridized carbons (Fsp3) is 0.412. The molecular weight excluding hydrogens is 276 g/mol. The lowest BCUT2D eigenvalue weighted by atomic mass is 10.1. The van der Waals surface area contributed by atoms with E-state index in [2.05, 4.69) is 20.2 Å². The lowest BCUT2D eigenvalue weighted by Gasteiger charge is -2.18. The molecule has 1 atom stereocenters. The zero-order valence-electron chi connectivity index (χ0n) is 12.9. The SMILES string of the molecule is CCOCC1CCN(c2cc(Nc3ccccc3)ncn2)C1. The van der Waals surface area contributed by atoms with Gasteiger partial charge in [0.05, 0.1) is 6.61 Å². The number of hydrogen-bond donors (Lipinski definition) is 1. The van der Waals surface area contributed by atoms with Crippen molar-refractivity contribution in [3.05, 3.63) is 42.7 Å². The first-order valence-electron chi connectivity index (χ1n) is 7.82. The van der Waals surface area contributed by atoms with Gasteiger partial charge < -0.3 is 15.0 Å². The minimum Gasteiger partial charge on any atom is -0.381 e. The number of ether oxygens (including phenoxy) is 1. The maximum absolute atomic E-state index is 5.53. The van der Waals surface area contributed by atoms with E-state index in [1.807, 2.05) is 43.3 Å². The molecule has 1 aromatic carbocycles. The molecular formula is C17H22N4O. The smallest absolute Gasteiger partial charge is 0.135 e. The number of anilines is 3. The molecule has 5 nitrogen and oxygen atoms in total. The van der Waals surface area contributed by atoms with Crippen molar-refractivity contribution in [2.45, 2.75) is 13.3 Å². The van der Waals surface area contributed by atoms with Crippen LogP contribution < -0.4 is 10.2 Å². The van der Waals surface area contributed by atoms with Crippen LogP contribution in [0.4, 0.5) is 17.3 Å². The van der Waals surface area contributed by atoms with E-state index < -0.39 is 0 Å². The van der Waals surface area contributed by atoms with E-state index in [-0.39, 0.29) is 0 Å². The fourth-order valence-corrected chi connectivity index (χ4v) is 2.72. The molecule has 2 aromatic rings. The Hall–Kier alpha value is -2.14. The second-order valence-corrected chi connectivity index (χ2v) is 5.51. The van der Waals surface area contributed by atoms with Crippen molar-refractivity contribution in [1.82, 2.24) is 9.97 Å². The minimum atomic E-state index is 0.598. The van der Waals surface area contributed by atoms with E-state index in [0.29, 0.717) is 5.92 Å². The van der Waals surface area contributed by atoms with Crippen molar-refractivity contribution >= 4 is 17.3 Å². The Morgan fingerprint density at radius 3 is 2.95 bits per heavy atom. The van der Waals surface area contributed by atoms with Gasteiger partial charge >= 0.3 is 0 Å². The van der Waals surface area contributed by atoms with Crippen LogP contribution in [0.15, 0.2) is 42.7 Å². The van der Waals surface area contributed by atoms with Crippen LogP contribution in [-0.2, 0) is 4.74 Å². The number of nitrogens with zero attached hydrogens (tertiary/aromatic N) is 3. The summed E-state index contributed by atoms with van der Waals surface area (Å²) in [5, 5.41) is 3.31. The Bertz CT molecular complexity index is 590. The Morgan fingerprint density at radius 2 is 2.14 bits per heavy atom. The predicted molar refractivity (Wildman–Crippen MR) is 88.6 cm³/mol. The molecule has 3 rings (SSSR count). The van der Waals surface area contributed by atoms with Crippen molar-refractivity contribution in [2.24, 2.45) is 5.92 Å². The van der Waals surface area contributed by atoms with E-state index in [9.17, 15) is 0 Å². The molecule has 0 aliphatic carbocycles. The number of nitrogens with one attached hydrogen (secondary N) is 1. The third kappa shape index (κ3) is 3.74. The molecule has 116 valence electrons. The van der Waals surface area contributed by atoms with E-state index >= 15 is 0 Å². The number of rotatable bonds is 6. The molecule has 1 aromatic heterocycles. The monoisotopic (exact) mass is 298 g/mol. The molecule has 22 heavy (non-hydrogen) atoms. The quantitative estimate of drug-likeness (QED) is 0.888. The summed E-state index contributed by atoms with van der Waals surface area (Å²) in [7, 11) is 0. The highest BCUT2D eigenvalue weighted by Gasteiger charge is 2.23. The Kier molecular flexibility index (Phi) is 4.85. The summed E-state index contributed by atoms with van der Waals surface area (Å²) in [4.78, 5) is 11.0. The average Bonchev–Trinajstić information content (AvgIpc) is 3.03. The van der Waals surface area contributed by atoms with Crippen molar-refractivity contribution in [2.75, 3.05) is 36.5 Å². The first-order chi connectivity index (χ1) is 10.8. The highest BCUT2D eigenvalue weighted by Crippen LogP contribution is 2.24. The lowest BCUT2D eigenvalue weighted by molar-refractivity contribution is 0.117. The largest absolute Gasteiger partial charge is 0.381 e. The van der Waals surface area contributed by atoms with Gasteiger partial charge in [0, 0.05) is 37.4 Å². The first kappa shape index (κ1) is 14.8. The fourth-order valence-electron chi connectivity index (χ4n) is 2.72. The second kappa shape index (κ2) is 7.22. The summed E-state index contributed by atoms with van der Waals surface area (Å²) >= 11 is 0. The van der Waals surface area contributed by atoms with Gasteiger partial charge in [-0.25, -0.2) is 9.97 Å². The van der Waals surface area contributed by atoms with Crippen LogP contribution >= 0.6 is 0 Å². The maximum atomic E-state index is 5.53. The van der Waals surface area contributed by atoms with Gasteiger partial charge in [0.25, 0.3) is 0 Å². The highest BCUT2D eigenvalue weighted by atomic mass is 16.5. The van der Waals surface area contributed by atoms with Crippen LogP contribution in [0.1, 0.15) is 13.3 Å². The maximum Gasteiger partial charge on any atom is 0.135 e. The van der Waals surface area contributed by atoms with Crippen LogP contribution in [0.25, 0.3) is 0 Å². The van der Waals surface area contributed by atoms with E-state index in [1.54, 1.807) is 6.33 Å². The zero-order valence-corrected chi connectivity index (χ0v) is 12.9. The summed E-state index contributed by atoms with van der Waals surface area (Å²) in [6.45, 7) is 5.70. The first-order valence-corrected chi connectivity index (χ1v) is 7.82. The number of aromatic nitrogens is 2. The standard InChI is InChI=1S/C17H22N4O/c1-2-22-12-14-8-9-21(11-14)17-10-16(18-13-19-17)20-15-6-4-3-5-7-15/h3-7,10,13-14H,2,8-9,11-12H2,1H3,(H,18,19,20). The molecule has 1 N–H and O–H groups in total. The van der Waals surface area contributed by atoms with Crippen molar-refractivity contribution in [1.29, 1.82) is 0 Å². The van der Waals surface area contributed by atoms with Gasteiger partial charge in [-0.15, -0.1) is 0 Å². The Balaban J connectivity index is 1.64. The van der Waals surface area contributed by atoms with Crippen LogP contribution in [-0.4, -0.2) is 36.3 Å². The van der Waals surface area contributed by atoms with Crippen molar-refractivity contribution in [3.63, 3.8) is 0 Å². The number of benzene rings is 1. The molecule has 5 heteroatoms. The second-order valence-electron chi connectivity index (χ2n) is 5.51. The average molecular weight is 298 g/mol. The molecule has 0 saturated carbocycles. The number of hydrogen-bond acceptors (Lipinski definition) is 5. The lowest BCUT2D eigenvalue weighted by Crippen LogP contribution is -2.22. The van der Waals surface area contributed by atoms with Crippen LogP contribution in [0, 0.1) is 5.92 Å². The van der Waals surface area contributed by atoms with Gasteiger partial charge in [-0.05, 0) is 25.5 Å². The van der Waals surface area contributed by atoms with Crippen molar-refractivity contribution < 1.29 is 4.74 Å².